The Balaban J connectivity index is 2.09. The summed E-state index contributed by atoms with van der Waals surface area (Å²) in [5, 5.41) is 3.31. The van der Waals surface area contributed by atoms with Crippen LogP contribution in [-0.2, 0) is 13.2 Å². The summed E-state index contributed by atoms with van der Waals surface area (Å²) < 4.78 is 12.3. The van der Waals surface area contributed by atoms with E-state index in [1.54, 1.807) is 7.11 Å². The number of hydrogen-bond acceptors (Lipinski definition) is 3. The molecule has 0 amide bonds. The van der Waals surface area contributed by atoms with Gasteiger partial charge in [0.05, 0.1) is 7.11 Å². The van der Waals surface area contributed by atoms with E-state index in [0.29, 0.717) is 6.61 Å². The normalized spacial score (nSPS) is 10.4. The third kappa shape index (κ3) is 4.76. The van der Waals surface area contributed by atoms with Crippen LogP contribution in [-0.4, -0.2) is 13.7 Å². The predicted molar refractivity (Wildman–Crippen MR) is 88.8 cm³/mol. The Morgan fingerprint density at radius 1 is 1.05 bits per heavy atom. The minimum atomic E-state index is 0.514. The van der Waals surface area contributed by atoms with Crippen LogP contribution in [0.4, 0.5) is 0 Å². The van der Waals surface area contributed by atoms with E-state index in [2.05, 4.69) is 34.2 Å². The van der Waals surface area contributed by atoms with E-state index in [1.807, 2.05) is 36.4 Å². The van der Waals surface area contributed by atoms with Crippen molar-refractivity contribution in [1.29, 1.82) is 0 Å². The van der Waals surface area contributed by atoms with Crippen molar-refractivity contribution in [3.8, 4) is 11.5 Å². The number of nitrogens with one attached hydrogen (secondary N) is 1. The van der Waals surface area contributed by atoms with Gasteiger partial charge in [0.2, 0.25) is 0 Å². The summed E-state index contributed by atoms with van der Waals surface area (Å²) in [4.78, 5) is 0. The molecule has 0 atom stereocenters. The van der Waals surface area contributed by atoms with Crippen LogP contribution >= 0.6 is 15.9 Å². The van der Waals surface area contributed by atoms with E-state index in [9.17, 15) is 0 Å². The van der Waals surface area contributed by atoms with Crippen LogP contribution in [0.15, 0.2) is 46.9 Å². The maximum Gasteiger partial charge on any atom is 0.161 e. The van der Waals surface area contributed by atoms with E-state index >= 15 is 0 Å². The molecule has 0 spiro atoms. The van der Waals surface area contributed by atoms with Gasteiger partial charge in [-0.3, -0.25) is 0 Å². The van der Waals surface area contributed by atoms with Crippen LogP contribution in [0.2, 0.25) is 0 Å². The topological polar surface area (TPSA) is 30.5 Å². The van der Waals surface area contributed by atoms with Gasteiger partial charge in [-0.2, -0.15) is 0 Å². The fraction of sp³-hybridized carbons (Fsp3) is 0.294. The molecule has 21 heavy (non-hydrogen) atoms. The molecule has 1 N–H and O–H groups in total. The van der Waals surface area contributed by atoms with E-state index in [-0.39, 0.29) is 0 Å². The maximum absolute atomic E-state index is 5.92. The molecule has 0 fully saturated rings. The molecule has 0 unspecified atom stereocenters. The van der Waals surface area contributed by atoms with Crippen molar-refractivity contribution in [3.05, 3.63) is 58.1 Å². The standard InChI is InChI=1S/C17H20BrNO2/c1-3-19-11-13-7-8-16(20-2)17(10-13)21-12-14-5-4-6-15(18)9-14/h4-10,19H,3,11-12H2,1-2H3. The van der Waals surface area contributed by atoms with Crippen molar-refractivity contribution < 1.29 is 9.47 Å². The third-order valence-electron chi connectivity index (χ3n) is 3.09. The van der Waals surface area contributed by atoms with Gasteiger partial charge in [0.25, 0.3) is 0 Å². The van der Waals surface area contributed by atoms with E-state index in [0.717, 1.165) is 34.6 Å². The second-order valence-corrected chi connectivity index (χ2v) is 5.60. The smallest absolute Gasteiger partial charge is 0.161 e. The quantitative estimate of drug-likeness (QED) is 0.814. The van der Waals surface area contributed by atoms with Gasteiger partial charge in [0.1, 0.15) is 6.61 Å². The lowest BCUT2D eigenvalue weighted by Gasteiger charge is -2.13. The third-order valence-corrected chi connectivity index (χ3v) is 3.58. The molecule has 0 saturated heterocycles. The van der Waals surface area contributed by atoms with E-state index < -0.39 is 0 Å². The summed E-state index contributed by atoms with van der Waals surface area (Å²) in [5.41, 5.74) is 2.30. The highest BCUT2D eigenvalue weighted by molar-refractivity contribution is 9.10. The maximum atomic E-state index is 5.92. The number of ether oxygens (including phenoxy) is 2. The van der Waals surface area contributed by atoms with Gasteiger partial charge in [-0.1, -0.05) is 41.1 Å². The van der Waals surface area contributed by atoms with Gasteiger partial charge in [-0.25, -0.2) is 0 Å². The highest BCUT2D eigenvalue weighted by Gasteiger charge is 2.06. The molecule has 2 aromatic rings. The molecule has 0 aliphatic heterocycles. The Kier molecular flexibility index (Phi) is 6.08. The summed E-state index contributed by atoms with van der Waals surface area (Å²) in [6, 6.07) is 14.1. The SMILES string of the molecule is CCNCc1ccc(OC)c(OCc2cccc(Br)c2)c1. The number of benzene rings is 2. The predicted octanol–water partition coefficient (Wildman–Crippen LogP) is 4.15. The van der Waals surface area contributed by atoms with Crippen LogP contribution in [0.25, 0.3) is 0 Å². The molecule has 0 aliphatic rings. The highest BCUT2D eigenvalue weighted by Crippen LogP contribution is 2.29. The zero-order valence-electron chi connectivity index (χ0n) is 12.4. The molecule has 0 bridgehead atoms. The molecular weight excluding hydrogens is 330 g/mol. The average molecular weight is 350 g/mol. The average Bonchev–Trinajstić information content (AvgIpc) is 2.51. The van der Waals surface area contributed by atoms with Crippen molar-refractivity contribution >= 4 is 15.9 Å². The molecule has 0 heterocycles. The molecular formula is C17H20BrNO2. The molecule has 4 heteroatoms. The zero-order valence-corrected chi connectivity index (χ0v) is 13.9. The van der Waals surface area contributed by atoms with E-state index in [4.69, 9.17) is 9.47 Å². The van der Waals surface area contributed by atoms with Crippen molar-refractivity contribution in [3.63, 3.8) is 0 Å². The first-order valence-corrected chi connectivity index (χ1v) is 7.77. The fourth-order valence-corrected chi connectivity index (χ4v) is 2.45. The Morgan fingerprint density at radius 2 is 1.90 bits per heavy atom. The first-order valence-electron chi connectivity index (χ1n) is 6.97. The minimum absolute atomic E-state index is 0.514. The Morgan fingerprint density at radius 3 is 2.62 bits per heavy atom. The molecule has 2 rings (SSSR count). The number of halogens is 1. The lowest BCUT2D eigenvalue weighted by molar-refractivity contribution is 0.284. The summed E-state index contributed by atoms with van der Waals surface area (Å²) in [7, 11) is 1.66. The van der Waals surface area contributed by atoms with Crippen LogP contribution < -0.4 is 14.8 Å². The summed E-state index contributed by atoms with van der Waals surface area (Å²) in [6.07, 6.45) is 0. The highest BCUT2D eigenvalue weighted by atomic mass is 79.9. The van der Waals surface area contributed by atoms with Crippen LogP contribution in [0.1, 0.15) is 18.1 Å². The number of methoxy groups -OCH3 is 1. The molecule has 3 nitrogen and oxygen atoms in total. The van der Waals surface area contributed by atoms with Gasteiger partial charge >= 0.3 is 0 Å². The van der Waals surface area contributed by atoms with Gasteiger partial charge in [-0.05, 0) is 41.9 Å². The number of hydrogen-bond donors (Lipinski definition) is 1. The second-order valence-electron chi connectivity index (χ2n) is 4.68. The first-order chi connectivity index (χ1) is 10.2. The van der Waals surface area contributed by atoms with Crippen molar-refractivity contribution in [2.75, 3.05) is 13.7 Å². The van der Waals surface area contributed by atoms with E-state index in [1.165, 1.54) is 5.56 Å². The van der Waals surface area contributed by atoms with Crippen LogP contribution in [0, 0.1) is 0 Å². The van der Waals surface area contributed by atoms with Gasteiger partial charge in [0.15, 0.2) is 11.5 Å². The summed E-state index contributed by atoms with van der Waals surface area (Å²) in [6.45, 7) is 4.38. The lowest BCUT2D eigenvalue weighted by Crippen LogP contribution is -2.11. The molecule has 2 aromatic carbocycles. The molecule has 0 radical (unpaired) electrons. The van der Waals surface area contributed by atoms with Crippen LogP contribution in [0.5, 0.6) is 11.5 Å². The largest absolute Gasteiger partial charge is 0.493 e. The van der Waals surface area contributed by atoms with Gasteiger partial charge in [-0.15, -0.1) is 0 Å². The number of rotatable bonds is 7. The Bertz CT molecular complexity index is 587. The lowest BCUT2D eigenvalue weighted by atomic mass is 10.2. The van der Waals surface area contributed by atoms with Crippen molar-refractivity contribution in [2.45, 2.75) is 20.1 Å². The van der Waals surface area contributed by atoms with Crippen molar-refractivity contribution in [2.24, 2.45) is 0 Å². The minimum Gasteiger partial charge on any atom is -0.493 e. The molecule has 0 saturated carbocycles. The van der Waals surface area contributed by atoms with Crippen LogP contribution in [0.3, 0.4) is 0 Å². The monoisotopic (exact) mass is 349 g/mol. The zero-order chi connectivity index (χ0) is 15.1. The Labute approximate surface area is 134 Å². The second kappa shape index (κ2) is 8.05. The summed E-state index contributed by atoms with van der Waals surface area (Å²) in [5.74, 6) is 1.53. The molecule has 0 aliphatic carbocycles. The first kappa shape index (κ1) is 15.9. The Hall–Kier alpha value is -1.52. The van der Waals surface area contributed by atoms with Gasteiger partial charge < -0.3 is 14.8 Å². The molecule has 112 valence electrons. The molecule has 0 aromatic heterocycles. The summed E-state index contributed by atoms with van der Waals surface area (Å²) >= 11 is 3.47. The van der Waals surface area contributed by atoms with Crippen molar-refractivity contribution in [1.82, 2.24) is 5.32 Å². The fourth-order valence-electron chi connectivity index (χ4n) is 2.00. The van der Waals surface area contributed by atoms with Gasteiger partial charge in [0, 0.05) is 11.0 Å².